The SMILES string of the molecule is CN1CC(CNCCC#N)C[C@@H]2c3cccc4[nH]cc(c34)C[C@H]21. The van der Waals surface area contributed by atoms with Gasteiger partial charge in [0.25, 0.3) is 0 Å². The zero-order valence-electron chi connectivity index (χ0n) is 13.7. The van der Waals surface area contributed by atoms with Gasteiger partial charge >= 0.3 is 0 Å². The molecule has 4 rings (SSSR count). The average Bonchev–Trinajstić information content (AvgIpc) is 2.97. The van der Waals surface area contributed by atoms with Crippen molar-refractivity contribution in [2.45, 2.75) is 31.2 Å². The molecule has 0 amide bonds. The van der Waals surface area contributed by atoms with E-state index in [1.807, 2.05) is 0 Å². The van der Waals surface area contributed by atoms with E-state index in [1.54, 1.807) is 0 Å². The smallest absolute Gasteiger partial charge is 0.0635 e. The lowest BCUT2D eigenvalue weighted by molar-refractivity contribution is 0.111. The number of nitrogens with zero attached hydrogens (tertiary/aromatic N) is 2. The third kappa shape index (κ3) is 2.54. The van der Waals surface area contributed by atoms with Gasteiger partial charge in [0.2, 0.25) is 0 Å². The Morgan fingerprint density at radius 3 is 3.22 bits per heavy atom. The van der Waals surface area contributed by atoms with Crippen LogP contribution in [0, 0.1) is 17.2 Å². The molecule has 2 aliphatic rings. The zero-order chi connectivity index (χ0) is 15.8. The molecule has 120 valence electrons. The minimum absolute atomic E-state index is 0.598. The van der Waals surface area contributed by atoms with Crippen LogP contribution in [0.4, 0.5) is 0 Å². The van der Waals surface area contributed by atoms with E-state index in [9.17, 15) is 0 Å². The van der Waals surface area contributed by atoms with Gasteiger partial charge in [-0.3, -0.25) is 0 Å². The van der Waals surface area contributed by atoms with E-state index >= 15 is 0 Å². The third-order valence-electron chi connectivity index (χ3n) is 5.66. The second-order valence-electron chi connectivity index (χ2n) is 7.12. The summed E-state index contributed by atoms with van der Waals surface area (Å²) in [6.07, 6.45) is 5.21. The molecule has 1 aliphatic heterocycles. The molecule has 4 heteroatoms. The number of H-pyrrole nitrogens is 1. The van der Waals surface area contributed by atoms with Crippen LogP contribution >= 0.6 is 0 Å². The molecule has 3 atom stereocenters. The van der Waals surface area contributed by atoms with Crippen LogP contribution in [0.1, 0.15) is 29.9 Å². The summed E-state index contributed by atoms with van der Waals surface area (Å²) in [5.74, 6) is 1.29. The summed E-state index contributed by atoms with van der Waals surface area (Å²) in [4.78, 5) is 6.00. The number of likely N-dealkylation sites (N-methyl/N-ethyl adjacent to an activating group) is 1. The van der Waals surface area contributed by atoms with Crippen molar-refractivity contribution in [3.63, 3.8) is 0 Å². The summed E-state index contributed by atoms with van der Waals surface area (Å²) >= 11 is 0. The highest BCUT2D eigenvalue weighted by Crippen LogP contribution is 2.44. The van der Waals surface area contributed by atoms with E-state index in [-0.39, 0.29) is 0 Å². The molecular weight excluding hydrogens is 284 g/mol. The minimum atomic E-state index is 0.598. The highest BCUT2D eigenvalue weighted by atomic mass is 15.2. The number of hydrogen-bond acceptors (Lipinski definition) is 3. The summed E-state index contributed by atoms with van der Waals surface area (Å²) in [6, 6.07) is 9.54. The molecule has 1 fully saturated rings. The van der Waals surface area contributed by atoms with Gasteiger partial charge in [-0.15, -0.1) is 0 Å². The summed E-state index contributed by atoms with van der Waals surface area (Å²) in [5.41, 5.74) is 4.30. The van der Waals surface area contributed by atoms with Crippen molar-refractivity contribution >= 4 is 10.9 Å². The predicted octanol–water partition coefficient (Wildman–Crippen LogP) is 2.63. The van der Waals surface area contributed by atoms with Crippen LogP contribution in [0.3, 0.4) is 0 Å². The zero-order valence-corrected chi connectivity index (χ0v) is 13.7. The number of aromatic nitrogens is 1. The number of nitrogens with one attached hydrogen (secondary N) is 2. The second-order valence-corrected chi connectivity index (χ2v) is 7.12. The third-order valence-corrected chi connectivity index (χ3v) is 5.66. The van der Waals surface area contributed by atoms with Crippen molar-refractivity contribution in [2.24, 2.45) is 5.92 Å². The molecule has 0 saturated carbocycles. The van der Waals surface area contributed by atoms with Gasteiger partial charge in [0.05, 0.1) is 6.07 Å². The molecule has 2 heterocycles. The first-order valence-electron chi connectivity index (χ1n) is 8.64. The maximum atomic E-state index is 8.66. The maximum Gasteiger partial charge on any atom is 0.0635 e. The molecule has 2 N–H and O–H groups in total. The van der Waals surface area contributed by atoms with Crippen LogP contribution < -0.4 is 5.32 Å². The van der Waals surface area contributed by atoms with Crippen LogP contribution in [0.25, 0.3) is 10.9 Å². The van der Waals surface area contributed by atoms with Crippen molar-refractivity contribution in [3.8, 4) is 6.07 Å². The van der Waals surface area contributed by atoms with Gasteiger partial charge in [0.15, 0.2) is 0 Å². The number of fused-ring (bicyclic) bond motifs is 2. The van der Waals surface area contributed by atoms with Gasteiger partial charge < -0.3 is 15.2 Å². The Kier molecular flexibility index (Phi) is 3.84. The Bertz CT molecular complexity index is 741. The number of aromatic amines is 1. The summed E-state index contributed by atoms with van der Waals surface area (Å²) in [7, 11) is 2.27. The van der Waals surface area contributed by atoms with E-state index in [0.717, 1.165) is 26.1 Å². The average molecular weight is 308 g/mol. The molecule has 1 aromatic carbocycles. The normalized spacial score (nSPS) is 26.9. The quantitative estimate of drug-likeness (QED) is 0.854. The highest BCUT2D eigenvalue weighted by molar-refractivity contribution is 5.88. The molecule has 1 aromatic heterocycles. The first kappa shape index (κ1) is 14.7. The van der Waals surface area contributed by atoms with Crippen molar-refractivity contribution in [1.29, 1.82) is 5.26 Å². The van der Waals surface area contributed by atoms with E-state index in [1.165, 1.54) is 28.5 Å². The Labute approximate surface area is 137 Å². The number of rotatable bonds is 4. The van der Waals surface area contributed by atoms with E-state index in [0.29, 0.717) is 24.3 Å². The monoisotopic (exact) mass is 308 g/mol. The predicted molar refractivity (Wildman–Crippen MR) is 92.4 cm³/mol. The van der Waals surface area contributed by atoms with Gasteiger partial charge in [-0.1, -0.05) is 12.1 Å². The van der Waals surface area contributed by atoms with E-state index < -0.39 is 0 Å². The maximum absolute atomic E-state index is 8.66. The van der Waals surface area contributed by atoms with Crippen LogP contribution in [0.5, 0.6) is 0 Å². The summed E-state index contributed by atoms with van der Waals surface area (Å²) < 4.78 is 0. The summed E-state index contributed by atoms with van der Waals surface area (Å²) in [5, 5.41) is 13.6. The molecule has 0 bridgehead atoms. The Morgan fingerprint density at radius 2 is 2.35 bits per heavy atom. The van der Waals surface area contributed by atoms with Gasteiger partial charge in [0, 0.05) is 48.6 Å². The number of nitriles is 1. The van der Waals surface area contributed by atoms with Crippen LogP contribution in [0.2, 0.25) is 0 Å². The molecule has 1 aliphatic carbocycles. The molecule has 23 heavy (non-hydrogen) atoms. The topological polar surface area (TPSA) is 54.9 Å². The number of hydrogen-bond donors (Lipinski definition) is 2. The fourth-order valence-corrected chi connectivity index (χ4v) is 4.65. The van der Waals surface area contributed by atoms with Crippen molar-refractivity contribution in [3.05, 3.63) is 35.5 Å². The Balaban J connectivity index is 1.57. The molecule has 4 nitrogen and oxygen atoms in total. The Hall–Kier alpha value is -1.83. The lowest BCUT2D eigenvalue weighted by atomic mass is 9.72. The second kappa shape index (κ2) is 5.99. The van der Waals surface area contributed by atoms with Crippen molar-refractivity contribution in [1.82, 2.24) is 15.2 Å². The number of benzene rings is 1. The van der Waals surface area contributed by atoms with E-state index in [2.05, 4.69) is 52.7 Å². The molecule has 0 radical (unpaired) electrons. The van der Waals surface area contributed by atoms with Gasteiger partial charge in [-0.05, 0) is 49.5 Å². The minimum Gasteiger partial charge on any atom is -0.361 e. The van der Waals surface area contributed by atoms with Gasteiger partial charge in [-0.2, -0.15) is 5.26 Å². The highest BCUT2D eigenvalue weighted by Gasteiger charge is 2.39. The molecule has 1 unspecified atom stereocenters. The van der Waals surface area contributed by atoms with E-state index in [4.69, 9.17) is 5.26 Å². The molecular formula is C19H24N4. The van der Waals surface area contributed by atoms with Crippen molar-refractivity contribution in [2.75, 3.05) is 26.7 Å². The first-order valence-corrected chi connectivity index (χ1v) is 8.64. The van der Waals surface area contributed by atoms with Gasteiger partial charge in [-0.25, -0.2) is 0 Å². The molecule has 2 aromatic rings. The first-order chi connectivity index (χ1) is 11.3. The fraction of sp³-hybridized carbons (Fsp3) is 0.526. The van der Waals surface area contributed by atoms with Crippen LogP contribution in [0.15, 0.2) is 24.4 Å². The van der Waals surface area contributed by atoms with Crippen molar-refractivity contribution < 1.29 is 0 Å². The van der Waals surface area contributed by atoms with Crippen LogP contribution in [-0.4, -0.2) is 42.6 Å². The standard InChI is InChI=1S/C19H24N4/c1-23-12-13(10-21-7-3-6-20)8-16-15-4-2-5-17-19(15)14(11-22-17)9-18(16)23/h2,4-5,11,13,16,18,21-22H,3,7-10,12H2,1H3/t13?,16-,18-/m1/s1. The van der Waals surface area contributed by atoms with Crippen LogP contribution in [-0.2, 0) is 6.42 Å². The van der Waals surface area contributed by atoms with Gasteiger partial charge in [0.1, 0.15) is 0 Å². The fourth-order valence-electron chi connectivity index (χ4n) is 4.65. The number of likely N-dealkylation sites (tertiary alicyclic amines) is 1. The largest absolute Gasteiger partial charge is 0.361 e. The lowest BCUT2D eigenvalue weighted by Gasteiger charge is -2.45. The summed E-state index contributed by atoms with van der Waals surface area (Å²) in [6.45, 7) is 2.98. The Morgan fingerprint density at radius 1 is 1.43 bits per heavy atom. The molecule has 0 spiro atoms. The molecule has 1 saturated heterocycles. The number of piperidine rings is 1. The lowest BCUT2D eigenvalue weighted by Crippen LogP contribution is -2.49.